The first kappa shape index (κ1) is 17.6. The number of rotatable bonds is 7. The average Bonchev–Trinajstić information content (AvgIpc) is 2.25. The third-order valence-electron chi connectivity index (χ3n) is 2.83. The molecule has 0 amide bonds. The molecule has 0 spiro atoms. The fourth-order valence-corrected chi connectivity index (χ4v) is 3.24. The summed E-state index contributed by atoms with van der Waals surface area (Å²) in [4.78, 5) is 10.9. The molecule has 6 nitrogen and oxygen atoms in total. The van der Waals surface area contributed by atoms with Crippen molar-refractivity contribution in [3.63, 3.8) is 0 Å². The van der Waals surface area contributed by atoms with Gasteiger partial charge in [0.15, 0.2) is 0 Å². The molecule has 1 rings (SSSR count). The molecular formula is C14H22N2O4S. The van der Waals surface area contributed by atoms with Gasteiger partial charge in [0.2, 0.25) is 10.0 Å². The number of aryl methyl sites for hydroxylation is 1. The molecule has 118 valence electrons. The molecule has 1 aromatic carbocycles. The Balaban J connectivity index is 2.95. The lowest BCUT2D eigenvalue weighted by Gasteiger charge is -2.29. The maximum atomic E-state index is 12.3. The minimum atomic E-state index is -3.75. The topological polar surface area (TPSA) is 86.3 Å². The number of carbonyl (C=O) groups is 1. The Labute approximate surface area is 126 Å². The van der Waals surface area contributed by atoms with Crippen molar-refractivity contribution in [3.05, 3.63) is 29.8 Å². The van der Waals surface area contributed by atoms with Crippen molar-refractivity contribution < 1.29 is 22.8 Å². The van der Waals surface area contributed by atoms with E-state index in [1.165, 1.54) is 12.1 Å². The van der Waals surface area contributed by atoms with Crippen LogP contribution in [0.2, 0.25) is 0 Å². The van der Waals surface area contributed by atoms with E-state index in [0.717, 1.165) is 5.56 Å². The highest BCUT2D eigenvalue weighted by Crippen LogP contribution is 2.12. The molecule has 7 heteroatoms. The van der Waals surface area contributed by atoms with Gasteiger partial charge in [0, 0.05) is 12.4 Å². The summed E-state index contributed by atoms with van der Waals surface area (Å²) in [6.07, 6.45) is -0.361. The number of hydrogen-bond donors (Lipinski definition) is 1. The van der Waals surface area contributed by atoms with Crippen molar-refractivity contribution in [3.8, 4) is 0 Å². The van der Waals surface area contributed by atoms with E-state index in [1.807, 2.05) is 28.1 Å². The number of hydrogen-bond acceptors (Lipinski definition) is 4. The smallest absolute Gasteiger partial charge is 0.241 e. The lowest BCUT2D eigenvalue weighted by Crippen LogP contribution is -2.50. The largest absolute Gasteiger partial charge is 0.550 e. The normalized spacial score (nSPS) is 13.9. The molecule has 0 saturated carbocycles. The van der Waals surface area contributed by atoms with E-state index in [4.69, 9.17) is 0 Å². The lowest BCUT2D eigenvalue weighted by atomic mass is 10.2. The maximum Gasteiger partial charge on any atom is 0.241 e. The minimum absolute atomic E-state index is 0.123. The molecule has 0 aliphatic heterocycles. The van der Waals surface area contributed by atoms with Crippen molar-refractivity contribution in [1.29, 1.82) is 0 Å². The molecule has 1 atom stereocenters. The second-order valence-electron chi connectivity index (χ2n) is 6.18. The van der Waals surface area contributed by atoms with Crippen LogP contribution in [0.5, 0.6) is 0 Å². The van der Waals surface area contributed by atoms with Gasteiger partial charge in [0.25, 0.3) is 0 Å². The van der Waals surface area contributed by atoms with Gasteiger partial charge in [-0.05, 0) is 19.1 Å². The molecule has 0 aliphatic rings. The Kier molecular flexibility index (Phi) is 5.49. The zero-order chi connectivity index (χ0) is 16.3. The Morgan fingerprint density at radius 2 is 1.76 bits per heavy atom. The van der Waals surface area contributed by atoms with Gasteiger partial charge in [-0.15, -0.1) is 0 Å². The van der Waals surface area contributed by atoms with E-state index >= 15 is 0 Å². The molecule has 0 saturated heterocycles. The van der Waals surface area contributed by atoms with Crippen LogP contribution in [-0.4, -0.2) is 52.6 Å². The van der Waals surface area contributed by atoms with E-state index in [9.17, 15) is 18.3 Å². The standard InChI is InChI=1S/C14H22N2O4S/c1-11-5-7-13(8-6-11)21(19,20)15-12(9-14(17)18)10-16(2,3)4/h5-8,12,15H,9-10H2,1-4H3/t12-/m0/s1. The summed E-state index contributed by atoms with van der Waals surface area (Å²) in [7, 11) is 1.85. The molecule has 0 radical (unpaired) electrons. The van der Waals surface area contributed by atoms with Crippen LogP contribution >= 0.6 is 0 Å². The number of nitrogens with zero attached hydrogens (tertiary/aromatic N) is 1. The summed E-state index contributed by atoms with van der Waals surface area (Å²) in [6.45, 7) is 2.21. The fourth-order valence-electron chi connectivity index (χ4n) is 2.01. The number of nitrogens with one attached hydrogen (secondary N) is 1. The third kappa shape index (κ3) is 6.24. The van der Waals surface area contributed by atoms with Gasteiger partial charge >= 0.3 is 0 Å². The minimum Gasteiger partial charge on any atom is -0.550 e. The highest BCUT2D eigenvalue weighted by Gasteiger charge is 2.24. The number of carboxylic acid groups (broad SMARTS) is 1. The molecule has 0 aromatic heterocycles. The van der Waals surface area contributed by atoms with Gasteiger partial charge in [-0.2, -0.15) is 0 Å². The molecule has 0 unspecified atom stereocenters. The van der Waals surface area contributed by atoms with Gasteiger partial charge in [-0.25, -0.2) is 13.1 Å². The Bertz CT molecular complexity index is 588. The van der Waals surface area contributed by atoms with Crippen LogP contribution in [0.1, 0.15) is 12.0 Å². The first-order valence-corrected chi connectivity index (χ1v) is 8.07. The zero-order valence-corrected chi connectivity index (χ0v) is 13.6. The van der Waals surface area contributed by atoms with Gasteiger partial charge in [-0.3, -0.25) is 0 Å². The van der Waals surface area contributed by atoms with E-state index in [-0.39, 0.29) is 11.3 Å². The molecule has 1 N–H and O–H groups in total. The van der Waals surface area contributed by atoms with Crippen molar-refractivity contribution in [2.24, 2.45) is 0 Å². The van der Waals surface area contributed by atoms with Crippen molar-refractivity contribution in [2.45, 2.75) is 24.3 Å². The number of benzene rings is 1. The molecular weight excluding hydrogens is 292 g/mol. The monoisotopic (exact) mass is 314 g/mol. The second-order valence-corrected chi connectivity index (χ2v) is 7.89. The van der Waals surface area contributed by atoms with Crippen molar-refractivity contribution in [1.82, 2.24) is 4.72 Å². The van der Waals surface area contributed by atoms with Crippen LogP contribution in [0.3, 0.4) is 0 Å². The highest BCUT2D eigenvalue weighted by molar-refractivity contribution is 7.89. The summed E-state index contributed by atoms with van der Waals surface area (Å²) in [5.74, 6) is -1.28. The van der Waals surface area contributed by atoms with Crippen LogP contribution in [0.15, 0.2) is 29.2 Å². The highest BCUT2D eigenvalue weighted by atomic mass is 32.2. The Hall–Kier alpha value is -1.44. The van der Waals surface area contributed by atoms with E-state index in [0.29, 0.717) is 11.0 Å². The molecule has 21 heavy (non-hydrogen) atoms. The first-order chi connectivity index (χ1) is 9.49. The van der Waals surface area contributed by atoms with Crippen LogP contribution in [0.4, 0.5) is 0 Å². The lowest BCUT2D eigenvalue weighted by molar-refractivity contribution is -0.871. The number of aliphatic carboxylic acids is 1. The van der Waals surface area contributed by atoms with Gasteiger partial charge in [0.05, 0.1) is 38.6 Å². The number of carboxylic acids is 1. The van der Waals surface area contributed by atoms with Crippen LogP contribution in [0, 0.1) is 6.92 Å². The number of carbonyl (C=O) groups excluding carboxylic acids is 1. The summed E-state index contributed by atoms with van der Waals surface area (Å²) in [5.41, 5.74) is 0.951. The SMILES string of the molecule is Cc1ccc(S(=O)(=O)N[C@@H](CC(=O)[O-])C[N+](C)(C)C)cc1. The maximum absolute atomic E-state index is 12.3. The van der Waals surface area contributed by atoms with Crippen molar-refractivity contribution in [2.75, 3.05) is 27.7 Å². The van der Waals surface area contributed by atoms with Crippen molar-refractivity contribution >= 4 is 16.0 Å². The Morgan fingerprint density at radius 1 is 1.24 bits per heavy atom. The van der Waals surface area contributed by atoms with Gasteiger partial charge in [0.1, 0.15) is 0 Å². The fraction of sp³-hybridized carbons (Fsp3) is 0.500. The van der Waals surface area contributed by atoms with E-state index in [1.54, 1.807) is 12.1 Å². The first-order valence-electron chi connectivity index (χ1n) is 6.59. The zero-order valence-electron chi connectivity index (χ0n) is 12.8. The molecule has 0 heterocycles. The van der Waals surface area contributed by atoms with Gasteiger partial charge < -0.3 is 14.4 Å². The van der Waals surface area contributed by atoms with Crippen LogP contribution < -0.4 is 9.83 Å². The third-order valence-corrected chi connectivity index (χ3v) is 4.37. The number of quaternary nitrogens is 1. The molecule has 1 aromatic rings. The molecule has 0 aliphatic carbocycles. The second kappa shape index (κ2) is 6.55. The predicted molar refractivity (Wildman–Crippen MR) is 77.8 cm³/mol. The summed E-state index contributed by atoms with van der Waals surface area (Å²) in [5, 5.41) is 10.8. The Morgan fingerprint density at radius 3 is 2.19 bits per heavy atom. The van der Waals surface area contributed by atoms with E-state index in [2.05, 4.69) is 4.72 Å². The average molecular weight is 314 g/mol. The molecule has 0 fully saturated rings. The molecule has 0 bridgehead atoms. The quantitative estimate of drug-likeness (QED) is 0.687. The van der Waals surface area contributed by atoms with Crippen LogP contribution in [-0.2, 0) is 14.8 Å². The van der Waals surface area contributed by atoms with Crippen LogP contribution in [0.25, 0.3) is 0 Å². The number of likely N-dealkylation sites (N-methyl/N-ethyl adjacent to an activating group) is 1. The van der Waals surface area contributed by atoms with Gasteiger partial charge in [-0.1, -0.05) is 17.7 Å². The van der Waals surface area contributed by atoms with E-state index < -0.39 is 22.0 Å². The summed E-state index contributed by atoms with van der Waals surface area (Å²) >= 11 is 0. The summed E-state index contributed by atoms with van der Waals surface area (Å²) in [6, 6.07) is 5.67. The summed E-state index contributed by atoms with van der Waals surface area (Å²) < 4.78 is 27.5. The predicted octanol–water partition coefficient (Wildman–Crippen LogP) is -0.512. The number of sulfonamides is 1.